The summed E-state index contributed by atoms with van der Waals surface area (Å²) in [6.07, 6.45) is 0.807. The largest absolute Gasteiger partial charge is 0.385 e. The van der Waals surface area contributed by atoms with Gasteiger partial charge in [0.25, 0.3) is 5.56 Å². The second-order valence-electron chi connectivity index (χ2n) is 6.66. The van der Waals surface area contributed by atoms with E-state index in [4.69, 9.17) is 4.74 Å². The maximum absolute atomic E-state index is 12.8. The highest BCUT2D eigenvalue weighted by molar-refractivity contribution is 5.74. The first-order valence-corrected chi connectivity index (χ1v) is 8.88. The number of hydrogen-bond acceptors (Lipinski definition) is 5. The third-order valence-corrected chi connectivity index (χ3v) is 4.62. The van der Waals surface area contributed by atoms with Crippen molar-refractivity contribution in [3.05, 3.63) is 56.2 Å². The molecule has 0 saturated heterocycles. The number of ether oxygens (including phenoxy) is 1. The van der Waals surface area contributed by atoms with Crippen LogP contribution >= 0.6 is 0 Å². The fourth-order valence-electron chi connectivity index (χ4n) is 3.03. The van der Waals surface area contributed by atoms with Gasteiger partial charge in [0, 0.05) is 34.4 Å². The fraction of sp³-hybridized carbons (Fsp3) is 0.421. The van der Waals surface area contributed by atoms with E-state index in [-0.39, 0.29) is 5.56 Å². The van der Waals surface area contributed by atoms with Crippen molar-refractivity contribution in [1.29, 1.82) is 0 Å². The number of anilines is 1. The zero-order valence-corrected chi connectivity index (χ0v) is 16.2. The number of hydrogen-bond donors (Lipinski definition) is 1. The monoisotopic (exact) mass is 371 g/mol. The van der Waals surface area contributed by atoms with Crippen LogP contribution in [0.15, 0.2) is 33.9 Å². The molecule has 0 radical (unpaired) electrons. The van der Waals surface area contributed by atoms with E-state index in [1.807, 2.05) is 35.8 Å². The van der Waals surface area contributed by atoms with Crippen LogP contribution in [-0.4, -0.2) is 38.9 Å². The Balaban J connectivity index is 2.12. The molecule has 1 N–H and O–H groups in total. The molecule has 3 rings (SSSR count). The van der Waals surface area contributed by atoms with Crippen LogP contribution in [-0.2, 0) is 25.4 Å². The fourth-order valence-corrected chi connectivity index (χ4v) is 3.03. The number of aromatic nitrogens is 4. The molecule has 8 nitrogen and oxygen atoms in total. The molecular formula is C19H25N5O3. The van der Waals surface area contributed by atoms with Gasteiger partial charge < -0.3 is 10.1 Å². The van der Waals surface area contributed by atoms with Crippen LogP contribution in [0.3, 0.4) is 0 Å². The summed E-state index contributed by atoms with van der Waals surface area (Å²) in [5, 5.41) is 3.27. The van der Waals surface area contributed by atoms with Gasteiger partial charge in [-0.25, -0.2) is 4.79 Å². The van der Waals surface area contributed by atoms with Crippen molar-refractivity contribution in [2.45, 2.75) is 19.9 Å². The second kappa shape index (κ2) is 7.79. The summed E-state index contributed by atoms with van der Waals surface area (Å²) in [5.41, 5.74) is 2.27. The van der Waals surface area contributed by atoms with E-state index < -0.39 is 5.69 Å². The zero-order valence-electron chi connectivity index (χ0n) is 16.2. The van der Waals surface area contributed by atoms with Crippen LogP contribution in [0.25, 0.3) is 11.2 Å². The number of nitrogens with one attached hydrogen (secondary N) is 1. The molecule has 0 aliphatic carbocycles. The van der Waals surface area contributed by atoms with Crippen LogP contribution in [0.4, 0.5) is 5.95 Å². The molecule has 0 fully saturated rings. The summed E-state index contributed by atoms with van der Waals surface area (Å²) in [6.45, 7) is 3.80. The Morgan fingerprint density at radius 1 is 1.11 bits per heavy atom. The van der Waals surface area contributed by atoms with Gasteiger partial charge in [0.1, 0.15) is 0 Å². The maximum atomic E-state index is 12.8. The molecule has 0 spiro atoms. The van der Waals surface area contributed by atoms with Gasteiger partial charge in [-0.3, -0.25) is 18.5 Å². The SMILES string of the molecule is COCCCNc1nc2c(c(=O)n(C)c(=O)n2C)n1Cc1ccc(C)cc1. The highest BCUT2D eigenvalue weighted by Crippen LogP contribution is 2.18. The Morgan fingerprint density at radius 3 is 2.48 bits per heavy atom. The molecule has 0 amide bonds. The van der Waals surface area contributed by atoms with Crippen molar-refractivity contribution < 1.29 is 4.74 Å². The standard InChI is InChI=1S/C19H25N5O3/c1-13-6-8-14(9-7-13)12-24-15-16(21-18(24)20-10-5-11-27-4)22(2)19(26)23(3)17(15)25/h6-9H,5,10-12H2,1-4H3,(H,20,21). The Labute approximate surface area is 157 Å². The third kappa shape index (κ3) is 3.66. The number of rotatable bonds is 7. The van der Waals surface area contributed by atoms with Crippen LogP contribution in [0.1, 0.15) is 17.5 Å². The van der Waals surface area contributed by atoms with Gasteiger partial charge in [-0.05, 0) is 18.9 Å². The molecule has 3 aromatic rings. The Kier molecular flexibility index (Phi) is 5.46. The molecule has 144 valence electrons. The van der Waals surface area contributed by atoms with E-state index in [9.17, 15) is 9.59 Å². The van der Waals surface area contributed by atoms with Gasteiger partial charge in [-0.1, -0.05) is 29.8 Å². The number of imidazole rings is 1. The van der Waals surface area contributed by atoms with Crippen molar-refractivity contribution in [3.63, 3.8) is 0 Å². The van der Waals surface area contributed by atoms with Gasteiger partial charge in [0.15, 0.2) is 11.2 Å². The minimum absolute atomic E-state index is 0.349. The lowest BCUT2D eigenvalue weighted by molar-refractivity contribution is 0.197. The molecule has 8 heteroatoms. The maximum Gasteiger partial charge on any atom is 0.332 e. The summed E-state index contributed by atoms with van der Waals surface area (Å²) < 4.78 is 9.44. The highest BCUT2D eigenvalue weighted by atomic mass is 16.5. The predicted molar refractivity (Wildman–Crippen MR) is 105 cm³/mol. The molecule has 0 aliphatic rings. The molecule has 1 aromatic carbocycles. The minimum atomic E-state index is -0.390. The van der Waals surface area contributed by atoms with E-state index in [1.165, 1.54) is 17.2 Å². The molecule has 0 atom stereocenters. The lowest BCUT2D eigenvalue weighted by Gasteiger charge is -2.11. The summed E-state index contributed by atoms with van der Waals surface area (Å²) in [4.78, 5) is 29.6. The van der Waals surface area contributed by atoms with Crippen LogP contribution in [0.2, 0.25) is 0 Å². The van der Waals surface area contributed by atoms with Crippen molar-refractivity contribution in [2.75, 3.05) is 25.6 Å². The van der Waals surface area contributed by atoms with Gasteiger partial charge in [-0.2, -0.15) is 4.98 Å². The normalized spacial score (nSPS) is 11.3. The first-order valence-electron chi connectivity index (χ1n) is 8.88. The molecule has 0 bridgehead atoms. The average molecular weight is 371 g/mol. The number of aryl methyl sites for hydroxylation is 2. The molecule has 0 saturated carbocycles. The van der Waals surface area contributed by atoms with Crippen molar-refractivity contribution in [1.82, 2.24) is 18.7 Å². The Hall–Kier alpha value is -2.87. The topological polar surface area (TPSA) is 83.1 Å². The Morgan fingerprint density at radius 2 is 1.81 bits per heavy atom. The summed E-state index contributed by atoms with van der Waals surface area (Å²) in [6, 6.07) is 8.13. The summed E-state index contributed by atoms with van der Waals surface area (Å²) >= 11 is 0. The summed E-state index contributed by atoms with van der Waals surface area (Å²) in [7, 11) is 4.77. The second-order valence-corrected chi connectivity index (χ2v) is 6.66. The predicted octanol–water partition coefficient (Wildman–Crippen LogP) is 1.24. The van der Waals surface area contributed by atoms with E-state index in [0.717, 1.165) is 16.6 Å². The lowest BCUT2D eigenvalue weighted by atomic mass is 10.1. The third-order valence-electron chi connectivity index (χ3n) is 4.62. The van der Waals surface area contributed by atoms with E-state index >= 15 is 0 Å². The van der Waals surface area contributed by atoms with Gasteiger partial charge in [0.05, 0.1) is 6.54 Å². The first-order chi connectivity index (χ1) is 12.9. The minimum Gasteiger partial charge on any atom is -0.385 e. The Bertz CT molecular complexity index is 1060. The highest BCUT2D eigenvalue weighted by Gasteiger charge is 2.19. The molecule has 2 aromatic heterocycles. The van der Waals surface area contributed by atoms with Crippen LogP contribution in [0, 0.1) is 6.92 Å². The van der Waals surface area contributed by atoms with Crippen LogP contribution in [0.5, 0.6) is 0 Å². The number of fused-ring (bicyclic) bond motifs is 1. The first kappa shape index (κ1) is 18.9. The zero-order chi connectivity index (χ0) is 19.6. The quantitative estimate of drug-likeness (QED) is 0.632. The number of nitrogens with zero attached hydrogens (tertiary/aromatic N) is 4. The molecule has 0 unspecified atom stereocenters. The van der Waals surface area contributed by atoms with E-state index in [0.29, 0.717) is 36.8 Å². The average Bonchev–Trinajstić information content (AvgIpc) is 3.02. The lowest BCUT2D eigenvalue weighted by Crippen LogP contribution is -2.37. The van der Waals surface area contributed by atoms with Crippen molar-refractivity contribution in [2.24, 2.45) is 14.1 Å². The van der Waals surface area contributed by atoms with Gasteiger partial charge in [0.2, 0.25) is 5.95 Å². The van der Waals surface area contributed by atoms with Crippen molar-refractivity contribution in [3.8, 4) is 0 Å². The summed E-state index contributed by atoms with van der Waals surface area (Å²) in [5.74, 6) is 0.569. The number of methoxy groups -OCH3 is 1. The molecule has 27 heavy (non-hydrogen) atoms. The van der Waals surface area contributed by atoms with E-state index in [2.05, 4.69) is 10.3 Å². The van der Waals surface area contributed by atoms with Gasteiger partial charge >= 0.3 is 5.69 Å². The molecular weight excluding hydrogens is 346 g/mol. The number of benzene rings is 1. The van der Waals surface area contributed by atoms with E-state index in [1.54, 1.807) is 14.2 Å². The molecule has 2 heterocycles. The smallest absolute Gasteiger partial charge is 0.332 e. The van der Waals surface area contributed by atoms with Gasteiger partial charge in [-0.15, -0.1) is 0 Å². The molecule has 0 aliphatic heterocycles. The van der Waals surface area contributed by atoms with Crippen LogP contribution < -0.4 is 16.6 Å². The van der Waals surface area contributed by atoms with Crippen molar-refractivity contribution >= 4 is 17.1 Å².